The number of nitrogens with zero attached hydrogens (tertiary/aromatic N) is 2. The van der Waals surface area contributed by atoms with Gasteiger partial charge in [0.1, 0.15) is 24.4 Å². The second-order valence-electron chi connectivity index (χ2n) is 7.00. The Hall–Kier alpha value is -1.72. The lowest BCUT2D eigenvalue weighted by atomic mass is 10.1. The highest BCUT2D eigenvalue weighted by molar-refractivity contribution is 7.45. The first kappa shape index (κ1) is 39.4. The van der Waals surface area contributed by atoms with E-state index in [1.165, 1.54) is 0 Å². The van der Waals surface area contributed by atoms with Crippen molar-refractivity contribution in [3.63, 3.8) is 0 Å². The maximum absolute atomic E-state index is 12.4. The largest absolute Gasteiger partial charge is 0.480 e. The van der Waals surface area contributed by atoms with Gasteiger partial charge in [0.25, 0.3) is 5.56 Å². The van der Waals surface area contributed by atoms with Crippen LogP contribution in [-0.2, 0) is 29.8 Å². The predicted octanol–water partition coefficient (Wildman–Crippen LogP) is -6.36. The predicted molar refractivity (Wildman–Crippen MR) is 121 cm³/mol. The van der Waals surface area contributed by atoms with Gasteiger partial charge in [-0.25, -0.2) is 18.5 Å². The summed E-state index contributed by atoms with van der Waals surface area (Å²) in [4.78, 5) is 99.6. The van der Waals surface area contributed by atoms with E-state index < -0.39 is 77.9 Å². The zero-order valence-electron chi connectivity index (χ0n) is 19.1. The van der Waals surface area contributed by atoms with Gasteiger partial charge in [0.2, 0.25) is 0 Å². The van der Waals surface area contributed by atoms with E-state index in [1.807, 2.05) is 0 Å². The SMILES string of the molecule is NC(CCn1c(=O)ccn([C@@H]2O[C@H](CO)[C@@H](O)[C@H]2O)c1=O)C(=O)O.O=P(O)(O)O.O=P(O)(O)O.O=P(O)(O)O. The van der Waals surface area contributed by atoms with Crippen LogP contribution < -0.4 is 17.0 Å². The van der Waals surface area contributed by atoms with Crippen LogP contribution in [0.3, 0.4) is 0 Å². The van der Waals surface area contributed by atoms with Gasteiger partial charge in [-0.2, -0.15) is 0 Å². The molecule has 230 valence electrons. The summed E-state index contributed by atoms with van der Waals surface area (Å²) in [5, 5.41) is 37.5. The van der Waals surface area contributed by atoms with Crippen LogP contribution in [-0.4, -0.2) is 111 Å². The van der Waals surface area contributed by atoms with Crippen molar-refractivity contribution in [3.05, 3.63) is 33.1 Å². The fraction of sp³-hybridized carbons (Fsp3) is 0.615. The Labute approximate surface area is 215 Å². The van der Waals surface area contributed by atoms with E-state index in [0.717, 1.165) is 21.4 Å². The summed E-state index contributed by atoms with van der Waals surface area (Å²) in [6.07, 6.45) is -4.29. The lowest BCUT2D eigenvalue weighted by Crippen LogP contribution is -2.44. The van der Waals surface area contributed by atoms with Gasteiger partial charge in [-0.3, -0.25) is 18.7 Å². The number of phosphoric acid groups is 3. The number of aliphatic carboxylic acids is 1. The second kappa shape index (κ2) is 16.5. The first-order valence-corrected chi connectivity index (χ1v) is 14.2. The molecule has 1 aromatic rings. The maximum atomic E-state index is 12.4. The molecule has 0 saturated carbocycles. The van der Waals surface area contributed by atoms with E-state index in [-0.39, 0.29) is 13.0 Å². The molecule has 1 unspecified atom stereocenters. The van der Waals surface area contributed by atoms with E-state index in [0.29, 0.717) is 0 Å². The molecule has 5 atom stereocenters. The minimum Gasteiger partial charge on any atom is -0.480 e. The van der Waals surface area contributed by atoms with Gasteiger partial charge in [-0.15, -0.1) is 0 Å². The Morgan fingerprint density at radius 2 is 1.33 bits per heavy atom. The van der Waals surface area contributed by atoms with Crippen molar-refractivity contribution in [2.75, 3.05) is 6.61 Å². The van der Waals surface area contributed by atoms with Gasteiger partial charge < -0.3 is 74.9 Å². The Morgan fingerprint density at radius 1 is 0.923 bits per heavy atom. The zero-order chi connectivity index (χ0) is 31.5. The van der Waals surface area contributed by atoms with E-state index in [4.69, 9.17) is 78.4 Å². The molecule has 1 aliphatic rings. The molecule has 1 saturated heterocycles. The molecule has 15 N–H and O–H groups in total. The van der Waals surface area contributed by atoms with Crippen molar-refractivity contribution in [2.45, 2.75) is 43.5 Å². The maximum Gasteiger partial charge on any atom is 0.466 e. The number of carboxylic acid groups (broad SMARTS) is 1. The standard InChI is InChI=1S/C13H19N3O8.3H3O4P/c14-6(12(21)22)1-3-15-8(18)2-4-16(13(15)23)11-10(20)9(19)7(5-17)24-11;3*1-5(2,3)4/h2,4,6-7,9-11,17,19-20H,1,3,5,14H2,(H,21,22);3*(H3,1,2,3,4)/t6?,7-,9-,10-,11-;;;/m1.../s1. The first-order chi connectivity index (χ1) is 17.3. The van der Waals surface area contributed by atoms with Crippen LogP contribution in [0, 0.1) is 0 Å². The first-order valence-electron chi connectivity index (χ1n) is 9.55. The average molecular weight is 639 g/mol. The number of hydrogen-bond acceptors (Lipinski definition) is 11. The molecule has 1 aromatic heterocycles. The number of carbonyl (C=O) groups is 1. The summed E-state index contributed by atoms with van der Waals surface area (Å²) < 4.78 is 33.5. The average Bonchev–Trinajstić information content (AvgIpc) is 2.98. The third-order valence-electron chi connectivity index (χ3n) is 3.87. The van der Waals surface area contributed by atoms with Crippen LogP contribution in [0.2, 0.25) is 0 Å². The highest BCUT2D eigenvalue weighted by atomic mass is 31.2. The fourth-order valence-electron chi connectivity index (χ4n) is 2.43. The Kier molecular flexibility index (Phi) is 16.7. The van der Waals surface area contributed by atoms with Crippen LogP contribution in [0.5, 0.6) is 0 Å². The normalized spacial score (nSPS) is 21.8. The van der Waals surface area contributed by atoms with Crippen molar-refractivity contribution in [1.82, 2.24) is 9.13 Å². The number of carboxylic acids is 1. The number of ether oxygens (including phenoxy) is 1. The molecule has 2 rings (SSSR count). The lowest BCUT2D eigenvalue weighted by Gasteiger charge is -2.19. The molecule has 26 heteroatoms. The Morgan fingerprint density at radius 3 is 1.67 bits per heavy atom. The van der Waals surface area contributed by atoms with E-state index in [9.17, 15) is 24.6 Å². The number of rotatable bonds is 6. The second-order valence-corrected chi connectivity index (χ2v) is 10.1. The number of aliphatic hydroxyl groups is 3. The molecule has 2 heterocycles. The fourth-order valence-corrected chi connectivity index (χ4v) is 2.43. The molecule has 0 amide bonds. The minimum atomic E-state index is -4.64. The van der Waals surface area contributed by atoms with Crippen LogP contribution in [0.15, 0.2) is 21.9 Å². The summed E-state index contributed by atoms with van der Waals surface area (Å²) in [6.45, 7) is -0.794. The summed E-state index contributed by atoms with van der Waals surface area (Å²) >= 11 is 0. The van der Waals surface area contributed by atoms with Crippen LogP contribution in [0.1, 0.15) is 12.6 Å². The van der Waals surface area contributed by atoms with E-state index >= 15 is 0 Å². The third-order valence-corrected chi connectivity index (χ3v) is 3.87. The molecule has 0 aliphatic carbocycles. The van der Waals surface area contributed by atoms with Gasteiger partial charge in [-0.05, 0) is 6.42 Å². The monoisotopic (exact) mass is 639 g/mol. The van der Waals surface area contributed by atoms with E-state index in [2.05, 4.69) is 0 Å². The van der Waals surface area contributed by atoms with Gasteiger partial charge in [-0.1, -0.05) is 0 Å². The van der Waals surface area contributed by atoms with Crippen LogP contribution in [0.25, 0.3) is 0 Å². The van der Waals surface area contributed by atoms with Gasteiger partial charge >= 0.3 is 35.1 Å². The summed E-state index contributed by atoms with van der Waals surface area (Å²) in [7, 11) is -13.9. The molecule has 0 spiro atoms. The van der Waals surface area contributed by atoms with Crippen LogP contribution >= 0.6 is 23.5 Å². The highest BCUT2D eigenvalue weighted by Crippen LogP contribution is 2.28. The molecular weight excluding hydrogens is 611 g/mol. The van der Waals surface area contributed by atoms with Crippen molar-refractivity contribution < 1.29 is 87.7 Å². The van der Waals surface area contributed by atoms with Gasteiger partial charge in [0.05, 0.1) is 6.61 Å². The van der Waals surface area contributed by atoms with Crippen LogP contribution in [0.4, 0.5) is 0 Å². The summed E-state index contributed by atoms with van der Waals surface area (Å²) in [5.74, 6) is -1.26. The van der Waals surface area contributed by atoms with Gasteiger partial charge in [0.15, 0.2) is 6.23 Å². The molecule has 0 radical (unpaired) electrons. The Balaban J connectivity index is 0. The molecule has 23 nitrogen and oxygen atoms in total. The number of nitrogens with two attached hydrogens (primary N) is 1. The summed E-state index contributed by atoms with van der Waals surface area (Å²) in [6, 6.07) is -0.193. The molecule has 39 heavy (non-hydrogen) atoms. The third kappa shape index (κ3) is 19.9. The van der Waals surface area contributed by atoms with Crippen molar-refractivity contribution in [3.8, 4) is 0 Å². The molecule has 1 fully saturated rings. The summed E-state index contributed by atoms with van der Waals surface area (Å²) in [5.41, 5.74) is 3.83. The van der Waals surface area contributed by atoms with Crippen molar-refractivity contribution in [1.29, 1.82) is 0 Å². The minimum absolute atomic E-state index is 0.148. The quantitative estimate of drug-likeness (QED) is 0.129. The van der Waals surface area contributed by atoms with Gasteiger partial charge in [0, 0.05) is 18.8 Å². The molecular formula is C13H28N3O20P3. The van der Waals surface area contributed by atoms with Crippen molar-refractivity contribution >= 4 is 29.4 Å². The van der Waals surface area contributed by atoms with Crippen molar-refractivity contribution in [2.24, 2.45) is 5.73 Å². The lowest BCUT2D eigenvalue weighted by molar-refractivity contribution is -0.138. The topological polar surface area (TPSA) is 411 Å². The zero-order valence-corrected chi connectivity index (χ0v) is 21.8. The molecule has 0 bridgehead atoms. The Bertz CT molecular complexity index is 1100. The number of aromatic nitrogens is 2. The highest BCUT2D eigenvalue weighted by Gasteiger charge is 2.43. The van der Waals surface area contributed by atoms with E-state index in [1.54, 1.807) is 0 Å². The number of hydrogen-bond donors (Lipinski definition) is 14. The smallest absolute Gasteiger partial charge is 0.466 e. The molecule has 0 aromatic carbocycles. The number of aliphatic hydroxyl groups excluding tert-OH is 3. The molecule has 1 aliphatic heterocycles.